The normalized spacial score (nSPS) is 10.6. The van der Waals surface area contributed by atoms with Crippen molar-refractivity contribution in [3.05, 3.63) is 60.6 Å². The molecular formula is C16H12N8OS. The fourth-order valence-electron chi connectivity index (χ4n) is 2.26. The van der Waals surface area contributed by atoms with Gasteiger partial charge in [0.1, 0.15) is 12.0 Å². The number of aromatic nitrogens is 7. The summed E-state index contributed by atoms with van der Waals surface area (Å²) >= 11 is 1.28. The van der Waals surface area contributed by atoms with E-state index in [9.17, 15) is 4.79 Å². The molecule has 0 atom stereocenters. The van der Waals surface area contributed by atoms with Crippen molar-refractivity contribution in [2.45, 2.75) is 6.42 Å². The van der Waals surface area contributed by atoms with Crippen LogP contribution in [-0.2, 0) is 11.2 Å². The Bertz CT molecular complexity index is 998. The second-order valence-corrected chi connectivity index (χ2v) is 6.25. The maximum absolute atomic E-state index is 12.2. The van der Waals surface area contributed by atoms with Crippen molar-refractivity contribution >= 4 is 22.4 Å². The van der Waals surface area contributed by atoms with Gasteiger partial charge in [0.15, 0.2) is 5.01 Å². The minimum absolute atomic E-state index is 0.163. The van der Waals surface area contributed by atoms with Crippen LogP contribution in [-0.4, -0.2) is 41.3 Å². The van der Waals surface area contributed by atoms with E-state index >= 15 is 0 Å². The highest BCUT2D eigenvalue weighted by Crippen LogP contribution is 2.24. The fraction of sp³-hybridized carbons (Fsp3) is 0.0625. The minimum atomic E-state index is -0.163. The quantitative estimate of drug-likeness (QED) is 0.574. The molecule has 0 bridgehead atoms. The summed E-state index contributed by atoms with van der Waals surface area (Å²) in [4.78, 5) is 16.4. The topological polar surface area (TPSA) is 111 Å². The number of nitrogens with one attached hydrogen (secondary N) is 1. The van der Waals surface area contributed by atoms with Crippen molar-refractivity contribution in [1.29, 1.82) is 0 Å². The van der Waals surface area contributed by atoms with E-state index in [4.69, 9.17) is 0 Å². The third kappa shape index (κ3) is 3.59. The van der Waals surface area contributed by atoms with E-state index in [-0.39, 0.29) is 12.3 Å². The first-order valence-corrected chi connectivity index (χ1v) is 8.47. The first kappa shape index (κ1) is 16.0. The van der Waals surface area contributed by atoms with Gasteiger partial charge in [-0.1, -0.05) is 29.5 Å². The van der Waals surface area contributed by atoms with Crippen LogP contribution >= 0.6 is 11.3 Å². The Hall–Kier alpha value is -3.53. The molecule has 0 aliphatic heterocycles. The third-order valence-corrected chi connectivity index (χ3v) is 4.33. The molecule has 1 N–H and O–H groups in total. The number of tetrazole rings is 1. The van der Waals surface area contributed by atoms with Crippen LogP contribution in [0.1, 0.15) is 5.56 Å². The molecule has 0 aliphatic rings. The van der Waals surface area contributed by atoms with Gasteiger partial charge in [-0.3, -0.25) is 9.78 Å². The van der Waals surface area contributed by atoms with Crippen molar-refractivity contribution in [3.63, 3.8) is 0 Å². The molecule has 0 unspecified atom stereocenters. The van der Waals surface area contributed by atoms with E-state index < -0.39 is 0 Å². The molecule has 9 nitrogen and oxygen atoms in total. The molecule has 4 rings (SSSR count). The van der Waals surface area contributed by atoms with E-state index in [0.29, 0.717) is 10.1 Å². The summed E-state index contributed by atoms with van der Waals surface area (Å²) in [6, 6.07) is 13.0. The number of benzene rings is 1. The van der Waals surface area contributed by atoms with E-state index in [1.807, 2.05) is 42.5 Å². The van der Waals surface area contributed by atoms with Crippen molar-refractivity contribution in [3.8, 4) is 16.4 Å². The number of nitrogens with zero attached hydrogens (tertiary/aromatic N) is 7. The van der Waals surface area contributed by atoms with Crippen LogP contribution in [0.25, 0.3) is 16.4 Å². The Morgan fingerprint density at radius 3 is 2.73 bits per heavy atom. The second kappa shape index (κ2) is 7.15. The number of amides is 1. The van der Waals surface area contributed by atoms with Gasteiger partial charge in [0.2, 0.25) is 11.0 Å². The van der Waals surface area contributed by atoms with Gasteiger partial charge in [-0.25, -0.2) is 4.68 Å². The van der Waals surface area contributed by atoms with E-state index in [0.717, 1.165) is 16.9 Å². The van der Waals surface area contributed by atoms with Crippen LogP contribution in [0.4, 0.5) is 5.13 Å². The molecule has 1 aromatic carbocycles. The van der Waals surface area contributed by atoms with Crippen LogP contribution in [0, 0.1) is 0 Å². The third-order valence-electron chi connectivity index (χ3n) is 3.47. The highest BCUT2D eigenvalue weighted by molar-refractivity contribution is 7.18. The molecule has 128 valence electrons. The summed E-state index contributed by atoms with van der Waals surface area (Å²) in [6.07, 6.45) is 3.43. The van der Waals surface area contributed by atoms with Gasteiger partial charge in [0.25, 0.3) is 0 Å². The summed E-state index contributed by atoms with van der Waals surface area (Å²) in [5, 5.41) is 22.9. The Labute approximate surface area is 151 Å². The molecule has 0 aliphatic carbocycles. The Morgan fingerprint density at radius 2 is 2.00 bits per heavy atom. The summed E-state index contributed by atoms with van der Waals surface area (Å²) in [6.45, 7) is 0. The second-order valence-electron chi connectivity index (χ2n) is 5.27. The molecule has 1 amide bonds. The average molecular weight is 364 g/mol. The number of carbonyl (C=O) groups is 1. The molecule has 26 heavy (non-hydrogen) atoms. The van der Waals surface area contributed by atoms with Gasteiger partial charge in [-0.05, 0) is 40.3 Å². The SMILES string of the molecule is O=C(Cc1ccc(-n2cnnn2)cc1)Nc1nnc(-c2ccccn2)s1. The van der Waals surface area contributed by atoms with Crippen molar-refractivity contribution in [2.75, 3.05) is 5.32 Å². The van der Waals surface area contributed by atoms with E-state index in [1.54, 1.807) is 10.9 Å². The molecule has 3 heterocycles. The lowest BCUT2D eigenvalue weighted by Gasteiger charge is -2.03. The van der Waals surface area contributed by atoms with E-state index in [1.165, 1.54) is 17.7 Å². The molecule has 0 saturated heterocycles. The Balaban J connectivity index is 1.39. The van der Waals surface area contributed by atoms with Crippen LogP contribution < -0.4 is 5.32 Å². The van der Waals surface area contributed by atoms with Gasteiger partial charge in [-0.2, -0.15) is 0 Å². The molecule has 10 heteroatoms. The summed E-state index contributed by atoms with van der Waals surface area (Å²) in [7, 11) is 0. The highest BCUT2D eigenvalue weighted by Gasteiger charge is 2.11. The van der Waals surface area contributed by atoms with Crippen LogP contribution in [0.15, 0.2) is 55.0 Å². The zero-order chi connectivity index (χ0) is 17.8. The molecule has 0 spiro atoms. The van der Waals surface area contributed by atoms with Gasteiger partial charge in [0.05, 0.1) is 12.1 Å². The summed E-state index contributed by atoms with van der Waals surface area (Å²) in [5.74, 6) is -0.163. The van der Waals surface area contributed by atoms with E-state index in [2.05, 4.69) is 36.0 Å². The number of rotatable bonds is 5. The van der Waals surface area contributed by atoms with Crippen molar-refractivity contribution in [2.24, 2.45) is 0 Å². The summed E-state index contributed by atoms with van der Waals surface area (Å²) in [5.41, 5.74) is 2.42. The molecule has 0 fully saturated rings. The minimum Gasteiger partial charge on any atom is -0.300 e. The van der Waals surface area contributed by atoms with Gasteiger partial charge in [0, 0.05) is 6.20 Å². The number of hydrogen-bond acceptors (Lipinski definition) is 8. The zero-order valence-corrected chi connectivity index (χ0v) is 14.2. The van der Waals surface area contributed by atoms with Gasteiger partial charge in [-0.15, -0.1) is 15.3 Å². The lowest BCUT2D eigenvalue weighted by atomic mass is 10.1. The predicted octanol–water partition coefficient (Wildman–Crippen LogP) is 1.76. The Kier molecular flexibility index (Phi) is 4.39. The van der Waals surface area contributed by atoms with Crippen molar-refractivity contribution in [1.82, 2.24) is 35.4 Å². The lowest BCUT2D eigenvalue weighted by molar-refractivity contribution is -0.115. The molecule has 3 aromatic heterocycles. The monoisotopic (exact) mass is 364 g/mol. The van der Waals surface area contributed by atoms with Crippen LogP contribution in [0.5, 0.6) is 0 Å². The van der Waals surface area contributed by atoms with Crippen LogP contribution in [0.2, 0.25) is 0 Å². The maximum atomic E-state index is 12.2. The number of hydrogen-bond donors (Lipinski definition) is 1. The molecule has 0 radical (unpaired) electrons. The number of carbonyl (C=O) groups excluding carboxylic acids is 1. The maximum Gasteiger partial charge on any atom is 0.230 e. The van der Waals surface area contributed by atoms with Crippen molar-refractivity contribution < 1.29 is 4.79 Å². The number of anilines is 1. The molecule has 4 aromatic rings. The lowest BCUT2D eigenvalue weighted by Crippen LogP contribution is -2.14. The largest absolute Gasteiger partial charge is 0.300 e. The first-order valence-electron chi connectivity index (χ1n) is 7.65. The predicted molar refractivity (Wildman–Crippen MR) is 94.6 cm³/mol. The van der Waals surface area contributed by atoms with Gasteiger partial charge < -0.3 is 5.32 Å². The highest BCUT2D eigenvalue weighted by atomic mass is 32.1. The first-order chi connectivity index (χ1) is 12.8. The smallest absolute Gasteiger partial charge is 0.230 e. The molecule has 0 saturated carbocycles. The fourth-order valence-corrected chi connectivity index (χ4v) is 3.00. The Morgan fingerprint density at radius 1 is 1.12 bits per heavy atom. The zero-order valence-electron chi connectivity index (χ0n) is 13.4. The molecular weight excluding hydrogens is 352 g/mol. The van der Waals surface area contributed by atoms with Crippen LogP contribution in [0.3, 0.4) is 0 Å². The summed E-state index contributed by atoms with van der Waals surface area (Å²) < 4.78 is 1.55. The standard InChI is InChI=1S/C16H12N8OS/c25-14(9-11-4-6-12(7-5-11)24-10-18-22-23-24)19-16-21-20-15(26-16)13-3-1-2-8-17-13/h1-8,10H,9H2,(H,19,21,25). The average Bonchev–Trinajstić information content (AvgIpc) is 3.35. The number of pyridine rings is 1. The van der Waals surface area contributed by atoms with Gasteiger partial charge >= 0.3 is 0 Å².